The van der Waals surface area contributed by atoms with Gasteiger partial charge < -0.3 is 14.6 Å². The van der Waals surface area contributed by atoms with Crippen LogP contribution in [0.2, 0.25) is 0 Å². The third-order valence-corrected chi connectivity index (χ3v) is 2.92. The molecule has 0 amide bonds. The number of rotatable bonds is 5. The van der Waals surface area contributed by atoms with Gasteiger partial charge in [0.05, 0.1) is 6.10 Å². The first-order chi connectivity index (χ1) is 7.78. The summed E-state index contributed by atoms with van der Waals surface area (Å²) < 4.78 is 10.7. The van der Waals surface area contributed by atoms with E-state index in [-0.39, 0.29) is 6.10 Å². The Bertz CT molecular complexity index is 321. The summed E-state index contributed by atoms with van der Waals surface area (Å²) in [5, 5.41) is 7.12. The first kappa shape index (κ1) is 11.5. The Morgan fingerprint density at radius 3 is 3.12 bits per heavy atom. The van der Waals surface area contributed by atoms with E-state index in [9.17, 15) is 0 Å². The molecule has 0 saturated carbocycles. The van der Waals surface area contributed by atoms with E-state index in [0.717, 1.165) is 38.1 Å². The molecule has 2 unspecified atom stereocenters. The molecular formula is C11H19N3O2. The second-order valence-corrected chi connectivity index (χ2v) is 4.34. The van der Waals surface area contributed by atoms with Crippen LogP contribution in [0.4, 0.5) is 0 Å². The summed E-state index contributed by atoms with van der Waals surface area (Å²) in [6, 6.07) is 0.357. The zero-order chi connectivity index (χ0) is 11.4. The second-order valence-electron chi connectivity index (χ2n) is 4.34. The number of aromatic nitrogens is 2. The monoisotopic (exact) mass is 225 g/mol. The molecule has 0 aliphatic carbocycles. The van der Waals surface area contributed by atoms with Crippen LogP contribution in [-0.4, -0.2) is 35.9 Å². The maximum absolute atomic E-state index is 5.53. The maximum Gasteiger partial charge on any atom is 0.228 e. The zero-order valence-corrected chi connectivity index (χ0v) is 9.90. The Morgan fingerprint density at radius 1 is 1.56 bits per heavy atom. The van der Waals surface area contributed by atoms with Crippen LogP contribution in [0.15, 0.2) is 4.52 Å². The van der Waals surface area contributed by atoms with Crippen molar-refractivity contribution in [2.75, 3.05) is 13.7 Å². The highest BCUT2D eigenvalue weighted by molar-refractivity contribution is 4.91. The predicted octanol–water partition coefficient (Wildman–Crippen LogP) is 0.941. The Labute approximate surface area is 95.6 Å². The molecule has 1 aliphatic rings. The Hall–Kier alpha value is -0.940. The van der Waals surface area contributed by atoms with Crippen molar-refractivity contribution in [3.05, 3.63) is 11.7 Å². The van der Waals surface area contributed by atoms with E-state index in [0.29, 0.717) is 11.9 Å². The highest BCUT2D eigenvalue weighted by Crippen LogP contribution is 2.15. The van der Waals surface area contributed by atoms with Crippen LogP contribution >= 0.6 is 0 Å². The van der Waals surface area contributed by atoms with Gasteiger partial charge in [-0.15, -0.1) is 0 Å². The number of likely N-dealkylation sites (N-methyl/N-ethyl adjacent to an activating group) is 1. The van der Waals surface area contributed by atoms with Gasteiger partial charge in [0, 0.05) is 25.5 Å². The summed E-state index contributed by atoms with van der Waals surface area (Å²) in [7, 11) is 1.92. The fourth-order valence-corrected chi connectivity index (χ4v) is 1.83. The summed E-state index contributed by atoms with van der Waals surface area (Å²) in [5.74, 6) is 1.47. The molecule has 16 heavy (non-hydrogen) atoms. The number of ether oxygens (including phenoxy) is 1. The van der Waals surface area contributed by atoms with Gasteiger partial charge in [0.1, 0.15) is 0 Å². The fourth-order valence-electron chi connectivity index (χ4n) is 1.83. The summed E-state index contributed by atoms with van der Waals surface area (Å²) in [6.45, 7) is 2.95. The van der Waals surface area contributed by atoms with Crippen molar-refractivity contribution in [1.82, 2.24) is 15.5 Å². The zero-order valence-electron chi connectivity index (χ0n) is 9.90. The van der Waals surface area contributed by atoms with Crippen molar-refractivity contribution < 1.29 is 9.26 Å². The number of hydrogen-bond donors (Lipinski definition) is 1. The molecule has 1 aliphatic heterocycles. The number of nitrogens with one attached hydrogen (secondary N) is 1. The molecule has 1 fully saturated rings. The maximum atomic E-state index is 5.53. The molecule has 1 saturated heterocycles. The average molecular weight is 225 g/mol. The molecular weight excluding hydrogens is 206 g/mol. The summed E-state index contributed by atoms with van der Waals surface area (Å²) in [6.07, 6.45) is 4.09. The van der Waals surface area contributed by atoms with Crippen LogP contribution in [0.1, 0.15) is 31.5 Å². The number of nitrogens with zero attached hydrogens (tertiary/aromatic N) is 2. The highest BCUT2D eigenvalue weighted by Gasteiger charge is 2.19. The molecule has 2 heterocycles. The first-order valence-electron chi connectivity index (χ1n) is 5.88. The summed E-state index contributed by atoms with van der Waals surface area (Å²) >= 11 is 0. The van der Waals surface area contributed by atoms with Crippen molar-refractivity contribution in [2.24, 2.45) is 0 Å². The Kier molecular flexibility index (Phi) is 3.90. The van der Waals surface area contributed by atoms with Crippen LogP contribution in [0.5, 0.6) is 0 Å². The SMILES string of the molecule is CNC(C)Cc1nc(CC2CCCO2)no1. The Morgan fingerprint density at radius 2 is 2.44 bits per heavy atom. The highest BCUT2D eigenvalue weighted by atomic mass is 16.5. The van der Waals surface area contributed by atoms with Crippen LogP contribution in [0, 0.1) is 0 Å². The van der Waals surface area contributed by atoms with Crippen LogP contribution in [0.25, 0.3) is 0 Å². The molecule has 0 radical (unpaired) electrons. The van der Waals surface area contributed by atoms with Gasteiger partial charge in [0.2, 0.25) is 5.89 Å². The molecule has 1 N–H and O–H groups in total. The minimum atomic E-state index is 0.284. The van der Waals surface area contributed by atoms with E-state index < -0.39 is 0 Å². The van der Waals surface area contributed by atoms with Gasteiger partial charge in [-0.05, 0) is 26.8 Å². The molecule has 90 valence electrons. The van der Waals surface area contributed by atoms with Crippen LogP contribution in [0.3, 0.4) is 0 Å². The van der Waals surface area contributed by atoms with E-state index in [4.69, 9.17) is 9.26 Å². The predicted molar refractivity (Wildman–Crippen MR) is 59.2 cm³/mol. The van der Waals surface area contributed by atoms with Crippen molar-refractivity contribution >= 4 is 0 Å². The molecule has 5 nitrogen and oxygen atoms in total. The number of hydrogen-bond acceptors (Lipinski definition) is 5. The van der Waals surface area contributed by atoms with Gasteiger partial charge in [-0.3, -0.25) is 0 Å². The van der Waals surface area contributed by atoms with E-state index in [1.807, 2.05) is 7.05 Å². The average Bonchev–Trinajstić information content (AvgIpc) is 2.91. The molecule has 0 aromatic carbocycles. The lowest BCUT2D eigenvalue weighted by Crippen LogP contribution is -2.23. The third-order valence-electron chi connectivity index (χ3n) is 2.92. The van der Waals surface area contributed by atoms with Gasteiger partial charge in [-0.2, -0.15) is 4.98 Å². The molecule has 1 aromatic rings. The van der Waals surface area contributed by atoms with Gasteiger partial charge in [-0.25, -0.2) is 0 Å². The molecule has 1 aromatic heterocycles. The lowest BCUT2D eigenvalue weighted by atomic mass is 10.2. The largest absolute Gasteiger partial charge is 0.378 e. The smallest absolute Gasteiger partial charge is 0.228 e. The van der Waals surface area contributed by atoms with E-state index >= 15 is 0 Å². The quantitative estimate of drug-likeness (QED) is 0.808. The van der Waals surface area contributed by atoms with Crippen LogP contribution in [-0.2, 0) is 17.6 Å². The van der Waals surface area contributed by atoms with E-state index in [2.05, 4.69) is 22.4 Å². The standard InChI is InChI=1S/C11H19N3O2/c1-8(12-2)6-11-13-10(14-16-11)7-9-4-3-5-15-9/h8-9,12H,3-7H2,1-2H3. The molecule has 2 atom stereocenters. The summed E-state index contributed by atoms with van der Waals surface area (Å²) in [4.78, 5) is 4.36. The molecule has 5 heteroatoms. The molecule has 0 bridgehead atoms. The lowest BCUT2D eigenvalue weighted by Gasteiger charge is -2.05. The van der Waals surface area contributed by atoms with E-state index in [1.165, 1.54) is 0 Å². The summed E-state index contributed by atoms with van der Waals surface area (Å²) in [5.41, 5.74) is 0. The Balaban J connectivity index is 1.86. The van der Waals surface area contributed by atoms with Crippen molar-refractivity contribution in [3.63, 3.8) is 0 Å². The topological polar surface area (TPSA) is 60.2 Å². The van der Waals surface area contributed by atoms with Crippen molar-refractivity contribution in [2.45, 2.75) is 44.8 Å². The van der Waals surface area contributed by atoms with Gasteiger partial charge in [-0.1, -0.05) is 5.16 Å². The van der Waals surface area contributed by atoms with Gasteiger partial charge in [0.25, 0.3) is 0 Å². The van der Waals surface area contributed by atoms with Gasteiger partial charge in [0.15, 0.2) is 5.82 Å². The normalized spacial score (nSPS) is 22.5. The lowest BCUT2D eigenvalue weighted by molar-refractivity contribution is 0.109. The first-order valence-corrected chi connectivity index (χ1v) is 5.88. The molecule has 0 spiro atoms. The fraction of sp³-hybridized carbons (Fsp3) is 0.818. The van der Waals surface area contributed by atoms with Crippen molar-refractivity contribution in [1.29, 1.82) is 0 Å². The van der Waals surface area contributed by atoms with Gasteiger partial charge >= 0.3 is 0 Å². The third kappa shape index (κ3) is 3.02. The van der Waals surface area contributed by atoms with Crippen LogP contribution < -0.4 is 5.32 Å². The van der Waals surface area contributed by atoms with E-state index in [1.54, 1.807) is 0 Å². The molecule has 2 rings (SSSR count). The van der Waals surface area contributed by atoms with Crippen molar-refractivity contribution in [3.8, 4) is 0 Å². The minimum absolute atomic E-state index is 0.284. The minimum Gasteiger partial charge on any atom is -0.378 e. The second kappa shape index (κ2) is 5.41.